The molecule has 0 aromatic rings. The van der Waals surface area contributed by atoms with Gasteiger partial charge in [-0.05, 0) is 19.8 Å². The van der Waals surface area contributed by atoms with Crippen molar-refractivity contribution in [2.45, 2.75) is 45.4 Å². The third-order valence-corrected chi connectivity index (χ3v) is 3.07. The van der Waals surface area contributed by atoms with E-state index in [2.05, 4.69) is 10.6 Å². The quantitative estimate of drug-likeness (QED) is 0.423. The van der Waals surface area contributed by atoms with Crippen LogP contribution < -0.4 is 16.4 Å². The second-order valence-corrected chi connectivity index (χ2v) is 4.88. The van der Waals surface area contributed by atoms with E-state index in [1.165, 1.54) is 13.8 Å². The summed E-state index contributed by atoms with van der Waals surface area (Å²) in [5, 5.41) is 22.5. The van der Waals surface area contributed by atoms with Crippen LogP contribution >= 0.6 is 0 Å². The van der Waals surface area contributed by atoms with Crippen LogP contribution in [0.25, 0.3) is 0 Å². The van der Waals surface area contributed by atoms with Gasteiger partial charge in [0.25, 0.3) is 0 Å². The number of aliphatic hydroxyl groups is 1. The zero-order valence-electron chi connectivity index (χ0n) is 11.4. The molecule has 0 saturated heterocycles. The predicted molar refractivity (Wildman–Crippen MR) is 67.2 cm³/mol. The second-order valence-electron chi connectivity index (χ2n) is 4.88. The number of rotatable bonds is 6. The van der Waals surface area contributed by atoms with Crippen LogP contribution in [0.2, 0.25) is 0 Å². The van der Waals surface area contributed by atoms with Crippen LogP contribution in [0.3, 0.4) is 0 Å². The number of carboxylic acids is 1. The summed E-state index contributed by atoms with van der Waals surface area (Å²) in [5.41, 5.74) is 3.91. The average Bonchev–Trinajstić information content (AvgIpc) is 2.24. The summed E-state index contributed by atoms with van der Waals surface area (Å²) in [7, 11) is 0. The van der Waals surface area contributed by atoms with Gasteiger partial charge in [0.05, 0.1) is 6.10 Å². The molecular weight excluding hydrogens is 254 g/mol. The Hall–Kier alpha value is -1.83. The molecule has 0 radical (unpaired) electrons. The molecular formula is C11H21N3O5. The SMILES string of the molecule is CC(O)C(NC(=O)NC(C)(C(N)=O)C(C)C)C(=O)O. The first-order chi connectivity index (χ1) is 8.52. The smallest absolute Gasteiger partial charge is 0.328 e. The standard InChI is InChI=1S/C11H21N3O5/c1-5(2)11(4,9(12)18)14-10(19)13-7(6(3)15)8(16)17/h5-7,15H,1-4H3,(H2,12,18)(H,16,17)(H2,13,14,19). The van der Waals surface area contributed by atoms with Gasteiger partial charge >= 0.3 is 12.0 Å². The van der Waals surface area contributed by atoms with Crippen molar-refractivity contribution in [1.82, 2.24) is 10.6 Å². The van der Waals surface area contributed by atoms with Gasteiger partial charge in [-0.2, -0.15) is 0 Å². The van der Waals surface area contributed by atoms with Gasteiger partial charge in [0.15, 0.2) is 6.04 Å². The lowest BCUT2D eigenvalue weighted by Crippen LogP contribution is -2.63. The summed E-state index contributed by atoms with van der Waals surface area (Å²) in [5.74, 6) is -2.40. The Morgan fingerprint density at radius 1 is 1.21 bits per heavy atom. The van der Waals surface area contributed by atoms with Gasteiger partial charge < -0.3 is 26.6 Å². The zero-order valence-corrected chi connectivity index (χ0v) is 11.4. The fourth-order valence-electron chi connectivity index (χ4n) is 1.29. The maximum atomic E-state index is 11.7. The number of nitrogens with one attached hydrogen (secondary N) is 2. The van der Waals surface area contributed by atoms with Crippen LogP contribution in [0.1, 0.15) is 27.7 Å². The Labute approximate surface area is 111 Å². The van der Waals surface area contributed by atoms with Gasteiger partial charge in [-0.15, -0.1) is 0 Å². The van der Waals surface area contributed by atoms with Gasteiger partial charge in [-0.3, -0.25) is 4.79 Å². The minimum absolute atomic E-state index is 0.287. The molecule has 3 unspecified atom stereocenters. The van der Waals surface area contributed by atoms with Gasteiger partial charge in [0.1, 0.15) is 5.54 Å². The number of hydrogen-bond acceptors (Lipinski definition) is 4. The summed E-state index contributed by atoms with van der Waals surface area (Å²) in [4.78, 5) is 33.9. The molecule has 110 valence electrons. The molecule has 0 bridgehead atoms. The Kier molecular flexibility index (Phi) is 5.76. The van der Waals surface area contributed by atoms with Gasteiger partial charge in [-0.1, -0.05) is 13.8 Å². The number of carbonyl (C=O) groups excluding carboxylic acids is 2. The Morgan fingerprint density at radius 3 is 1.95 bits per heavy atom. The summed E-state index contributed by atoms with van der Waals surface area (Å²) in [6, 6.07) is -2.35. The minimum Gasteiger partial charge on any atom is -0.480 e. The third-order valence-electron chi connectivity index (χ3n) is 3.07. The first-order valence-corrected chi connectivity index (χ1v) is 5.81. The van der Waals surface area contributed by atoms with Crippen molar-refractivity contribution in [2.24, 2.45) is 11.7 Å². The number of aliphatic hydroxyl groups excluding tert-OH is 1. The molecule has 0 aromatic heterocycles. The predicted octanol–water partition coefficient (Wildman–Crippen LogP) is -0.980. The summed E-state index contributed by atoms with van der Waals surface area (Å²) in [6.45, 7) is 6.05. The van der Waals surface area contributed by atoms with E-state index < -0.39 is 35.6 Å². The van der Waals surface area contributed by atoms with E-state index >= 15 is 0 Å². The number of nitrogens with two attached hydrogens (primary N) is 1. The summed E-state index contributed by atoms with van der Waals surface area (Å²) in [6.07, 6.45) is -1.28. The maximum Gasteiger partial charge on any atom is 0.328 e. The van der Waals surface area contributed by atoms with Gasteiger partial charge in [-0.25, -0.2) is 9.59 Å². The van der Waals surface area contributed by atoms with Crippen molar-refractivity contribution in [2.75, 3.05) is 0 Å². The van der Waals surface area contributed by atoms with Crippen molar-refractivity contribution in [3.63, 3.8) is 0 Å². The molecule has 0 spiro atoms. The summed E-state index contributed by atoms with van der Waals surface area (Å²) < 4.78 is 0. The molecule has 0 aliphatic carbocycles. The van der Waals surface area contributed by atoms with E-state index in [1.807, 2.05) is 0 Å². The van der Waals surface area contributed by atoms with E-state index in [-0.39, 0.29) is 5.92 Å². The molecule has 0 saturated carbocycles. The highest BCUT2D eigenvalue weighted by Crippen LogP contribution is 2.15. The zero-order chi connectivity index (χ0) is 15.4. The number of urea groups is 1. The molecule has 0 fully saturated rings. The third kappa shape index (κ3) is 4.40. The highest BCUT2D eigenvalue weighted by Gasteiger charge is 2.37. The van der Waals surface area contributed by atoms with E-state index in [9.17, 15) is 19.5 Å². The van der Waals surface area contributed by atoms with Crippen LogP contribution in [0.15, 0.2) is 0 Å². The Morgan fingerprint density at radius 2 is 1.68 bits per heavy atom. The lowest BCUT2D eigenvalue weighted by molar-refractivity contribution is -0.141. The number of primary amides is 1. The molecule has 0 aromatic carbocycles. The van der Waals surface area contributed by atoms with Crippen LogP contribution in [0.4, 0.5) is 4.79 Å². The van der Waals surface area contributed by atoms with Gasteiger partial charge in [0.2, 0.25) is 5.91 Å². The molecule has 6 N–H and O–H groups in total. The fraction of sp³-hybridized carbons (Fsp3) is 0.727. The van der Waals surface area contributed by atoms with Crippen LogP contribution in [-0.2, 0) is 9.59 Å². The molecule has 0 aliphatic heterocycles. The Bertz CT molecular complexity index is 369. The molecule has 8 heteroatoms. The molecule has 0 rings (SSSR count). The fourth-order valence-corrected chi connectivity index (χ4v) is 1.29. The number of carbonyl (C=O) groups is 3. The maximum absolute atomic E-state index is 11.7. The van der Waals surface area contributed by atoms with E-state index in [1.54, 1.807) is 13.8 Å². The lowest BCUT2D eigenvalue weighted by Gasteiger charge is -2.32. The number of carboxylic acid groups (broad SMARTS) is 1. The minimum atomic E-state index is -1.47. The van der Waals surface area contributed by atoms with Crippen molar-refractivity contribution in [3.8, 4) is 0 Å². The first-order valence-electron chi connectivity index (χ1n) is 5.81. The first kappa shape index (κ1) is 17.2. The van der Waals surface area contributed by atoms with Crippen LogP contribution in [0, 0.1) is 5.92 Å². The molecule has 3 amide bonds. The lowest BCUT2D eigenvalue weighted by atomic mass is 9.88. The topological polar surface area (TPSA) is 142 Å². The van der Waals surface area contributed by atoms with E-state index in [0.717, 1.165) is 0 Å². The molecule has 8 nitrogen and oxygen atoms in total. The number of aliphatic carboxylic acids is 1. The number of amides is 3. The van der Waals surface area contributed by atoms with Gasteiger partial charge in [0, 0.05) is 0 Å². The second kappa shape index (κ2) is 6.37. The number of hydrogen-bond donors (Lipinski definition) is 5. The van der Waals surface area contributed by atoms with Crippen molar-refractivity contribution < 1.29 is 24.6 Å². The molecule has 3 atom stereocenters. The molecule has 0 heterocycles. The van der Waals surface area contributed by atoms with Crippen LogP contribution in [0.5, 0.6) is 0 Å². The van der Waals surface area contributed by atoms with Crippen molar-refractivity contribution in [3.05, 3.63) is 0 Å². The van der Waals surface area contributed by atoms with Crippen molar-refractivity contribution >= 4 is 17.9 Å². The highest BCUT2D eigenvalue weighted by molar-refractivity contribution is 5.91. The van der Waals surface area contributed by atoms with E-state index in [0.29, 0.717) is 0 Å². The largest absolute Gasteiger partial charge is 0.480 e. The highest BCUT2D eigenvalue weighted by atomic mass is 16.4. The summed E-state index contributed by atoms with van der Waals surface area (Å²) >= 11 is 0. The van der Waals surface area contributed by atoms with Crippen molar-refractivity contribution in [1.29, 1.82) is 0 Å². The monoisotopic (exact) mass is 275 g/mol. The average molecular weight is 275 g/mol. The Balaban J connectivity index is 4.86. The van der Waals surface area contributed by atoms with Crippen LogP contribution in [-0.4, -0.2) is 45.8 Å². The van der Waals surface area contributed by atoms with E-state index in [4.69, 9.17) is 10.8 Å². The normalized spacial score (nSPS) is 17.2. The molecule has 19 heavy (non-hydrogen) atoms. The molecule has 0 aliphatic rings.